The number of nitrogens with two attached hydrogens (primary N) is 3. The molecule has 0 saturated heterocycles. The molecule has 86 valence electrons. The molecule has 0 aliphatic heterocycles. The molecule has 0 heterocycles. The SMILES string of the molecule is NCCCN(CCN)CCNCCN. The Labute approximate surface area is 87.0 Å². The predicted octanol–water partition coefficient (Wildman–Crippen LogP) is -1.86. The van der Waals surface area contributed by atoms with Gasteiger partial charge >= 0.3 is 0 Å². The molecule has 0 amide bonds. The highest BCUT2D eigenvalue weighted by Gasteiger charge is 2.01. The van der Waals surface area contributed by atoms with Crippen molar-refractivity contribution in [2.24, 2.45) is 17.2 Å². The topological polar surface area (TPSA) is 93.3 Å². The van der Waals surface area contributed by atoms with Crippen LogP contribution in [0.5, 0.6) is 0 Å². The molecular weight excluding hydrogens is 178 g/mol. The smallest absolute Gasteiger partial charge is 0.0107 e. The molecule has 0 aromatic heterocycles. The van der Waals surface area contributed by atoms with Gasteiger partial charge in [0.15, 0.2) is 0 Å². The van der Waals surface area contributed by atoms with E-state index in [2.05, 4.69) is 10.2 Å². The lowest BCUT2D eigenvalue weighted by molar-refractivity contribution is 0.279. The number of nitrogens with one attached hydrogen (secondary N) is 1. The van der Waals surface area contributed by atoms with Gasteiger partial charge in [0, 0.05) is 39.3 Å². The van der Waals surface area contributed by atoms with Crippen LogP contribution in [0.25, 0.3) is 0 Å². The Kier molecular flexibility index (Phi) is 10.7. The van der Waals surface area contributed by atoms with Gasteiger partial charge in [-0.25, -0.2) is 0 Å². The lowest BCUT2D eigenvalue weighted by atomic mass is 10.3. The fourth-order valence-electron chi connectivity index (χ4n) is 1.30. The maximum atomic E-state index is 5.52. The lowest BCUT2D eigenvalue weighted by Crippen LogP contribution is -2.37. The van der Waals surface area contributed by atoms with E-state index in [1.807, 2.05) is 0 Å². The summed E-state index contributed by atoms with van der Waals surface area (Å²) in [6.45, 7) is 7.02. The molecule has 7 N–H and O–H groups in total. The first-order chi connectivity index (χ1) is 6.85. The summed E-state index contributed by atoms with van der Waals surface area (Å²) in [6.07, 6.45) is 1.04. The fourth-order valence-corrected chi connectivity index (χ4v) is 1.30. The van der Waals surface area contributed by atoms with Gasteiger partial charge in [0.25, 0.3) is 0 Å². The summed E-state index contributed by atoms with van der Waals surface area (Å²) >= 11 is 0. The van der Waals surface area contributed by atoms with Gasteiger partial charge in [-0.2, -0.15) is 0 Å². The first kappa shape index (κ1) is 13.8. The quantitative estimate of drug-likeness (QED) is 0.313. The average molecular weight is 203 g/mol. The van der Waals surface area contributed by atoms with Gasteiger partial charge in [-0.3, -0.25) is 0 Å². The van der Waals surface area contributed by atoms with Crippen LogP contribution in [0.2, 0.25) is 0 Å². The maximum absolute atomic E-state index is 5.52. The van der Waals surface area contributed by atoms with Gasteiger partial charge in [-0.05, 0) is 19.5 Å². The summed E-state index contributed by atoms with van der Waals surface area (Å²) in [5.41, 5.74) is 16.3. The second kappa shape index (κ2) is 10.9. The summed E-state index contributed by atoms with van der Waals surface area (Å²) in [6, 6.07) is 0. The largest absolute Gasteiger partial charge is 0.330 e. The molecule has 0 rings (SSSR count). The van der Waals surface area contributed by atoms with E-state index in [0.29, 0.717) is 13.1 Å². The minimum absolute atomic E-state index is 0.694. The van der Waals surface area contributed by atoms with Gasteiger partial charge in [-0.1, -0.05) is 0 Å². The Morgan fingerprint density at radius 2 is 1.57 bits per heavy atom. The molecule has 0 bridgehead atoms. The van der Waals surface area contributed by atoms with Crippen LogP contribution in [0.1, 0.15) is 6.42 Å². The van der Waals surface area contributed by atoms with Crippen molar-refractivity contribution in [3.05, 3.63) is 0 Å². The molecule has 14 heavy (non-hydrogen) atoms. The number of hydrogen-bond donors (Lipinski definition) is 4. The van der Waals surface area contributed by atoms with E-state index in [1.165, 1.54) is 0 Å². The maximum Gasteiger partial charge on any atom is 0.0107 e. The van der Waals surface area contributed by atoms with E-state index in [9.17, 15) is 0 Å². The molecule has 0 spiro atoms. The van der Waals surface area contributed by atoms with E-state index in [1.54, 1.807) is 0 Å². The van der Waals surface area contributed by atoms with E-state index in [-0.39, 0.29) is 0 Å². The van der Waals surface area contributed by atoms with E-state index in [0.717, 1.165) is 45.7 Å². The molecule has 0 fully saturated rings. The Morgan fingerprint density at radius 3 is 2.14 bits per heavy atom. The number of rotatable bonds is 10. The van der Waals surface area contributed by atoms with Crippen LogP contribution < -0.4 is 22.5 Å². The molecule has 0 saturated carbocycles. The highest BCUT2D eigenvalue weighted by atomic mass is 15.1. The number of hydrogen-bond acceptors (Lipinski definition) is 5. The Hall–Kier alpha value is -0.200. The normalized spacial score (nSPS) is 11.1. The second-order valence-corrected chi connectivity index (χ2v) is 3.31. The van der Waals surface area contributed by atoms with Gasteiger partial charge < -0.3 is 27.4 Å². The van der Waals surface area contributed by atoms with Crippen molar-refractivity contribution < 1.29 is 0 Å². The summed E-state index contributed by atoms with van der Waals surface area (Å²) in [5, 5.41) is 3.26. The van der Waals surface area contributed by atoms with Crippen molar-refractivity contribution in [3.8, 4) is 0 Å². The van der Waals surface area contributed by atoms with Gasteiger partial charge in [0.05, 0.1) is 0 Å². The molecular formula is C9H25N5. The molecule has 5 heteroatoms. The van der Waals surface area contributed by atoms with Crippen molar-refractivity contribution in [1.82, 2.24) is 10.2 Å². The third kappa shape index (κ3) is 8.40. The van der Waals surface area contributed by atoms with E-state index in [4.69, 9.17) is 17.2 Å². The summed E-state index contributed by atoms with van der Waals surface area (Å²) < 4.78 is 0. The van der Waals surface area contributed by atoms with Crippen LogP contribution in [0, 0.1) is 0 Å². The van der Waals surface area contributed by atoms with E-state index < -0.39 is 0 Å². The minimum atomic E-state index is 0.694. The van der Waals surface area contributed by atoms with Crippen molar-refractivity contribution in [3.63, 3.8) is 0 Å². The van der Waals surface area contributed by atoms with Gasteiger partial charge in [0.2, 0.25) is 0 Å². The zero-order valence-corrected chi connectivity index (χ0v) is 9.04. The molecule has 0 radical (unpaired) electrons. The highest BCUT2D eigenvalue weighted by Crippen LogP contribution is 1.88. The van der Waals surface area contributed by atoms with Crippen LogP contribution in [0.15, 0.2) is 0 Å². The molecule has 0 aliphatic carbocycles. The third-order valence-corrected chi connectivity index (χ3v) is 2.05. The molecule has 0 unspecified atom stereocenters. The van der Waals surface area contributed by atoms with Gasteiger partial charge in [0.1, 0.15) is 0 Å². The molecule has 0 atom stereocenters. The van der Waals surface area contributed by atoms with Crippen molar-refractivity contribution in [2.75, 3.05) is 52.4 Å². The minimum Gasteiger partial charge on any atom is -0.330 e. The zero-order valence-electron chi connectivity index (χ0n) is 9.04. The van der Waals surface area contributed by atoms with Crippen molar-refractivity contribution in [1.29, 1.82) is 0 Å². The summed E-state index contributed by atoms with van der Waals surface area (Å²) in [7, 11) is 0. The van der Waals surface area contributed by atoms with Crippen LogP contribution in [0.3, 0.4) is 0 Å². The lowest BCUT2D eigenvalue weighted by Gasteiger charge is -2.21. The predicted molar refractivity (Wildman–Crippen MR) is 61.1 cm³/mol. The highest BCUT2D eigenvalue weighted by molar-refractivity contribution is 4.61. The van der Waals surface area contributed by atoms with Crippen LogP contribution in [-0.2, 0) is 0 Å². The fraction of sp³-hybridized carbons (Fsp3) is 1.00. The Bertz CT molecular complexity index is 109. The van der Waals surface area contributed by atoms with E-state index >= 15 is 0 Å². The van der Waals surface area contributed by atoms with Crippen LogP contribution >= 0.6 is 0 Å². The zero-order chi connectivity index (χ0) is 10.6. The van der Waals surface area contributed by atoms with Crippen molar-refractivity contribution in [2.45, 2.75) is 6.42 Å². The standard InChI is InChI=1S/C9H25N5/c10-2-1-7-14(8-4-12)9-6-13-5-3-11/h13H,1-12H2. The number of nitrogens with zero attached hydrogens (tertiary/aromatic N) is 1. The average Bonchev–Trinajstić information content (AvgIpc) is 2.20. The first-order valence-electron chi connectivity index (χ1n) is 5.38. The molecule has 0 aliphatic rings. The summed E-state index contributed by atoms with van der Waals surface area (Å²) in [5.74, 6) is 0. The first-order valence-corrected chi connectivity index (χ1v) is 5.38. The third-order valence-electron chi connectivity index (χ3n) is 2.05. The van der Waals surface area contributed by atoms with Gasteiger partial charge in [-0.15, -0.1) is 0 Å². The summed E-state index contributed by atoms with van der Waals surface area (Å²) in [4.78, 5) is 2.33. The molecule has 0 aromatic rings. The van der Waals surface area contributed by atoms with Crippen molar-refractivity contribution >= 4 is 0 Å². The molecule has 0 aromatic carbocycles. The second-order valence-electron chi connectivity index (χ2n) is 3.31. The monoisotopic (exact) mass is 203 g/mol. The van der Waals surface area contributed by atoms with Crippen LogP contribution in [0.4, 0.5) is 0 Å². The van der Waals surface area contributed by atoms with Crippen LogP contribution in [-0.4, -0.2) is 57.3 Å². The Morgan fingerprint density at radius 1 is 0.786 bits per heavy atom. The molecule has 5 nitrogen and oxygen atoms in total. The Balaban J connectivity index is 3.40.